The highest BCUT2D eigenvalue weighted by Gasteiger charge is 2.37. The maximum absolute atomic E-state index is 13.5. The standard InChI is InChI=1S/C32H53N5O8/c1-17(2)14-21(10-13-26(39)45-9)33-25(38)12-11-23-30(42)36-27(20(7)8)32(44)37-29(41)22(15-18(3)4)28(40)35-24(16-19(5)6)31(43)34-23/h10,13,17-24,27H,11-12,14-16H2,1-9H3,(H,33,38)(H,34,43)(H,35,40)(H,36,42)(H,37,41,44)/b13-10+/t21-,22+,23+,24+,27+/m1/s1. The third kappa shape index (κ3) is 14.3. The lowest BCUT2D eigenvalue weighted by Gasteiger charge is -2.26. The van der Waals surface area contributed by atoms with E-state index in [0.717, 1.165) is 0 Å². The molecule has 0 aliphatic carbocycles. The number of rotatable bonds is 13. The second-order valence-electron chi connectivity index (χ2n) is 13.2. The van der Waals surface area contributed by atoms with E-state index in [0.29, 0.717) is 6.42 Å². The molecule has 254 valence electrons. The Labute approximate surface area is 266 Å². The lowest BCUT2D eigenvalue weighted by atomic mass is 9.94. The lowest BCUT2D eigenvalue weighted by molar-refractivity contribution is -0.141. The van der Waals surface area contributed by atoms with Gasteiger partial charge < -0.3 is 26.0 Å². The minimum atomic E-state index is -1.24. The highest BCUT2D eigenvalue weighted by molar-refractivity contribution is 6.09. The van der Waals surface area contributed by atoms with E-state index in [1.54, 1.807) is 13.8 Å². The first-order valence-electron chi connectivity index (χ1n) is 15.8. The summed E-state index contributed by atoms with van der Waals surface area (Å²) in [5.74, 6) is -6.21. The molecule has 1 aliphatic rings. The summed E-state index contributed by atoms with van der Waals surface area (Å²) in [4.78, 5) is 91.3. The van der Waals surface area contributed by atoms with Gasteiger partial charge >= 0.3 is 5.97 Å². The van der Waals surface area contributed by atoms with E-state index >= 15 is 0 Å². The van der Waals surface area contributed by atoms with Gasteiger partial charge in [0.15, 0.2) is 0 Å². The van der Waals surface area contributed by atoms with Gasteiger partial charge in [-0.3, -0.25) is 34.1 Å². The highest BCUT2D eigenvalue weighted by Crippen LogP contribution is 2.16. The molecule has 0 aromatic heterocycles. The van der Waals surface area contributed by atoms with Crippen LogP contribution in [0.25, 0.3) is 0 Å². The van der Waals surface area contributed by atoms with Crippen molar-refractivity contribution in [2.24, 2.45) is 29.6 Å². The molecule has 0 aromatic carbocycles. The molecule has 13 heteroatoms. The largest absolute Gasteiger partial charge is 0.466 e. The molecule has 1 fully saturated rings. The molecular weight excluding hydrogens is 582 g/mol. The van der Waals surface area contributed by atoms with Crippen LogP contribution in [0.15, 0.2) is 12.2 Å². The van der Waals surface area contributed by atoms with Crippen LogP contribution < -0.4 is 26.6 Å². The van der Waals surface area contributed by atoms with Crippen molar-refractivity contribution in [1.82, 2.24) is 26.6 Å². The Balaban J connectivity index is 3.37. The summed E-state index contributed by atoms with van der Waals surface area (Å²) in [5.41, 5.74) is 0. The Morgan fingerprint density at radius 3 is 1.87 bits per heavy atom. The highest BCUT2D eigenvalue weighted by atomic mass is 16.5. The second kappa shape index (κ2) is 18.9. The monoisotopic (exact) mass is 635 g/mol. The SMILES string of the molecule is COC(=O)/C=C/[C@H](CC(C)C)NC(=O)CC[C@@H]1NC(=O)[C@H](CC(C)C)NC(=O)[C@H](CC(C)C)C(=O)NC(=O)[C@H](C(C)C)NC1=O. The number of nitrogens with one attached hydrogen (secondary N) is 5. The van der Waals surface area contributed by atoms with E-state index in [4.69, 9.17) is 0 Å². The number of hydrogen-bond donors (Lipinski definition) is 5. The van der Waals surface area contributed by atoms with Crippen LogP contribution in [0.1, 0.15) is 87.5 Å². The Hall–Kier alpha value is -3.77. The van der Waals surface area contributed by atoms with Crippen molar-refractivity contribution < 1.29 is 38.3 Å². The fourth-order valence-electron chi connectivity index (χ4n) is 4.91. The van der Waals surface area contributed by atoms with Crippen LogP contribution in [-0.2, 0) is 38.3 Å². The predicted octanol–water partition coefficient (Wildman–Crippen LogP) is 1.50. The summed E-state index contributed by atoms with van der Waals surface area (Å²) in [6.45, 7) is 14.7. The smallest absolute Gasteiger partial charge is 0.330 e. The molecule has 1 saturated heterocycles. The van der Waals surface area contributed by atoms with Gasteiger partial charge in [-0.15, -0.1) is 0 Å². The van der Waals surface area contributed by atoms with E-state index in [9.17, 15) is 33.6 Å². The molecule has 1 aliphatic heterocycles. The molecule has 45 heavy (non-hydrogen) atoms. The summed E-state index contributed by atoms with van der Waals surface area (Å²) in [6.07, 6.45) is 3.38. The van der Waals surface area contributed by atoms with Crippen LogP contribution in [0.5, 0.6) is 0 Å². The van der Waals surface area contributed by atoms with Crippen molar-refractivity contribution in [2.45, 2.75) is 112 Å². The van der Waals surface area contributed by atoms with E-state index in [-0.39, 0.29) is 43.4 Å². The van der Waals surface area contributed by atoms with Crippen LogP contribution >= 0.6 is 0 Å². The van der Waals surface area contributed by atoms with Crippen LogP contribution in [-0.4, -0.2) is 72.7 Å². The zero-order valence-electron chi connectivity index (χ0n) is 28.2. The first-order chi connectivity index (χ1) is 20.9. The minimum absolute atomic E-state index is 0.0324. The third-order valence-corrected chi connectivity index (χ3v) is 7.20. The molecule has 5 N–H and O–H groups in total. The molecule has 0 unspecified atom stereocenters. The lowest BCUT2D eigenvalue weighted by Crippen LogP contribution is -2.57. The Bertz CT molecular complexity index is 1100. The van der Waals surface area contributed by atoms with Gasteiger partial charge in [-0.05, 0) is 49.4 Å². The fourth-order valence-corrected chi connectivity index (χ4v) is 4.91. The molecule has 0 aromatic rings. The maximum atomic E-state index is 13.5. The summed E-state index contributed by atoms with van der Waals surface area (Å²) in [5, 5.41) is 13.1. The van der Waals surface area contributed by atoms with Gasteiger partial charge in [0.1, 0.15) is 24.0 Å². The summed E-state index contributed by atoms with van der Waals surface area (Å²) in [7, 11) is 1.25. The van der Waals surface area contributed by atoms with Crippen molar-refractivity contribution in [3.05, 3.63) is 12.2 Å². The average molecular weight is 636 g/mol. The zero-order chi connectivity index (χ0) is 34.4. The van der Waals surface area contributed by atoms with Gasteiger partial charge in [-0.1, -0.05) is 61.5 Å². The molecule has 1 rings (SSSR count). The summed E-state index contributed by atoms with van der Waals surface area (Å²) >= 11 is 0. The topological polar surface area (TPSA) is 189 Å². The molecule has 0 radical (unpaired) electrons. The molecule has 0 saturated carbocycles. The number of methoxy groups -OCH3 is 1. The Morgan fingerprint density at radius 2 is 1.33 bits per heavy atom. The van der Waals surface area contributed by atoms with E-state index in [1.807, 2.05) is 41.5 Å². The number of carbonyl (C=O) groups excluding carboxylic acids is 7. The van der Waals surface area contributed by atoms with Crippen molar-refractivity contribution >= 4 is 41.4 Å². The second-order valence-corrected chi connectivity index (χ2v) is 13.2. The number of carbonyl (C=O) groups is 7. The van der Waals surface area contributed by atoms with Gasteiger partial charge in [0.05, 0.1) is 7.11 Å². The van der Waals surface area contributed by atoms with Crippen LogP contribution in [0, 0.1) is 29.6 Å². The van der Waals surface area contributed by atoms with Crippen molar-refractivity contribution in [3.8, 4) is 0 Å². The van der Waals surface area contributed by atoms with Gasteiger partial charge in [-0.2, -0.15) is 0 Å². The van der Waals surface area contributed by atoms with Gasteiger partial charge in [0.25, 0.3) is 0 Å². The van der Waals surface area contributed by atoms with E-state index in [1.165, 1.54) is 19.3 Å². The normalized spacial score (nSPS) is 22.7. The third-order valence-electron chi connectivity index (χ3n) is 7.20. The molecular formula is C32H53N5O8. The maximum Gasteiger partial charge on any atom is 0.330 e. The van der Waals surface area contributed by atoms with E-state index in [2.05, 4.69) is 31.3 Å². The number of ether oxygens (including phenoxy) is 1. The van der Waals surface area contributed by atoms with Crippen molar-refractivity contribution in [2.75, 3.05) is 7.11 Å². The number of esters is 1. The average Bonchev–Trinajstić information content (AvgIpc) is 2.93. The minimum Gasteiger partial charge on any atom is -0.466 e. The molecule has 0 spiro atoms. The molecule has 13 nitrogen and oxygen atoms in total. The Kier molecular flexibility index (Phi) is 16.5. The fraction of sp³-hybridized carbons (Fsp3) is 0.719. The van der Waals surface area contributed by atoms with E-state index < -0.39 is 77.4 Å². The van der Waals surface area contributed by atoms with Crippen molar-refractivity contribution in [1.29, 1.82) is 0 Å². The summed E-state index contributed by atoms with van der Waals surface area (Å²) < 4.78 is 4.63. The van der Waals surface area contributed by atoms with Crippen LogP contribution in [0.3, 0.4) is 0 Å². The quantitative estimate of drug-likeness (QED) is 0.0871. The number of imide groups is 1. The number of hydrogen-bond acceptors (Lipinski definition) is 8. The van der Waals surface area contributed by atoms with Crippen LogP contribution in [0.4, 0.5) is 0 Å². The molecule has 6 amide bonds. The van der Waals surface area contributed by atoms with Gasteiger partial charge in [0, 0.05) is 18.5 Å². The predicted molar refractivity (Wildman–Crippen MR) is 168 cm³/mol. The Morgan fingerprint density at radius 1 is 0.756 bits per heavy atom. The van der Waals surface area contributed by atoms with Crippen LogP contribution in [0.2, 0.25) is 0 Å². The molecule has 5 atom stereocenters. The summed E-state index contributed by atoms with van der Waals surface area (Å²) in [6, 6.07) is -3.93. The molecule has 1 heterocycles. The first kappa shape index (κ1) is 39.3. The van der Waals surface area contributed by atoms with Gasteiger partial charge in [0.2, 0.25) is 35.4 Å². The van der Waals surface area contributed by atoms with Gasteiger partial charge in [-0.25, -0.2) is 4.79 Å². The molecule has 0 bridgehead atoms. The first-order valence-corrected chi connectivity index (χ1v) is 15.8. The van der Waals surface area contributed by atoms with Crippen molar-refractivity contribution in [3.63, 3.8) is 0 Å². The number of amides is 6. The zero-order valence-corrected chi connectivity index (χ0v) is 28.2.